The van der Waals surface area contributed by atoms with E-state index in [-0.39, 0.29) is 5.56 Å². The molecule has 142 valence electrons. The zero-order chi connectivity index (χ0) is 19.0. The molecule has 1 aliphatic carbocycles. The van der Waals surface area contributed by atoms with Gasteiger partial charge in [0.2, 0.25) is 5.88 Å². The largest absolute Gasteiger partial charge is 0.476 e. The summed E-state index contributed by atoms with van der Waals surface area (Å²) in [5, 5.41) is 12.7. The number of thiazole rings is 1. The molecule has 0 aromatic carbocycles. The highest BCUT2D eigenvalue weighted by atomic mass is 32.1. The third-order valence-electron chi connectivity index (χ3n) is 4.62. The lowest BCUT2D eigenvalue weighted by atomic mass is 10.2. The minimum absolute atomic E-state index is 0.187. The molecule has 1 N–H and O–H groups in total. The molecule has 1 unspecified atom stereocenters. The maximum atomic E-state index is 12.3. The average Bonchev–Trinajstić information content (AvgIpc) is 3.09. The van der Waals surface area contributed by atoms with Gasteiger partial charge in [0.15, 0.2) is 0 Å². The van der Waals surface area contributed by atoms with Gasteiger partial charge in [-0.15, -0.1) is 16.4 Å². The van der Waals surface area contributed by atoms with Crippen LogP contribution in [-0.4, -0.2) is 31.2 Å². The van der Waals surface area contributed by atoms with Crippen LogP contribution in [0.1, 0.15) is 27.9 Å². The third kappa shape index (κ3) is 4.02. The van der Waals surface area contributed by atoms with E-state index in [4.69, 9.17) is 4.74 Å². The summed E-state index contributed by atoms with van der Waals surface area (Å²) >= 11 is 1.61. The molecule has 0 bridgehead atoms. The molecule has 1 aliphatic rings. The predicted octanol–water partition coefficient (Wildman–Crippen LogP) is 2.07. The van der Waals surface area contributed by atoms with E-state index in [1.165, 1.54) is 4.68 Å². The standard InChI is InChI=1S/C18H22N6O2S/c1-11-8-20-17(27-11)9-19-15-7-16(22-24(3)18(15)25)26-10-12-6-13(12)14-4-5-23(2)21-14/h4-5,7-8,12-13,19H,6,9-10H2,1-3H3/t12?,13-/m1/s1. The van der Waals surface area contributed by atoms with Crippen molar-refractivity contribution < 1.29 is 4.74 Å². The third-order valence-corrected chi connectivity index (χ3v) is 5.53. The second-order valence-electron chi connectivity index (χ2n) is 6.87. The molecule has 0 amide bonds. The van der Waals surface area contributed by atoms with E-state index in [2.05, 4.69) is 26.6 Å². The van der Waals surface area contributed by atoms with Crippen LogP contribution in [0.15, 0.2) is 29.3 Å². The molecule has 9 heteroatoms. The zero-order valence-electron chi connectivity index (χ0n) is 15.5. The quantitative estimate of drug-likeness (QED) is 0.669. The van der Waals surface area contributed by atoms with Crippen LogP contribution in [-0.2, 0) is 20.6 Å². The predicted molar refractivity (Wildman–Crippen MR) is 103 cm³/mol. The second-order valence-corrected chi connectivity index (χ2v) is 8.19. The van der Waals surface area contributed by atoms with Gasteiger partial charge in [0.25, 0.3) is 5.56 Å². The summed E-state index contributed by atoms with van der Waals surface area (Å²) in [6, 6.07) is 3.72. The number of anilines is 1. The summed E-state index contributed by atoms with van der Waals surface area (Å²) in [7, 11) is 3.55. The molecular formula is C18H22N6O2S. The van der Waals surface area contributed by atoms with Crippen LogP contribution >= 0.6 is 11.3 Å². The van der Waals surface area contributed by atoms with E-state index in [0.717, 1.165) is 22.0 Å². The highest BCUT2D eigenvalue weighted by Crippen LogP contribution is 2.46. The molecule has 27 heavy (non-hydrogen) atoms. The summed E-state index contributed by atoms with van der Waals surface area (Å²) in [5.74, 6) is 1.33. The van der Waals surface area contributed by atoms with Crippen LogP contribution in [0, 0.1) is 12.8 Å². The van der Waals surface area contributed by atoms with Gasteiger partial charge in [0, 0.05) is 49.3 Å². The first-order chi connectivity index (χ1) is 13.0. The molecule has 0 radical (unpaired) electrons. The molecule has 8 nitrogen and oxygen atoms in total. The number of rotatable bonds is 7. The molecule has 0 saturated heterocycles. The van der Waals surface area contributed by atoms with E-state index in [1.807, 2.05) is 31.0 Å². The fourth-order valence-electron chi connectivity index (χ4n) is 3.05. The second kappa shape index (κ2) is 7.15. The number of hydrogen-bond donors (Lipinski definition) is 1. The summed E-state index contributed by atoms with van der Waals surface area (Å²) in [4.78, 5) is 17.7. The highest BCUT2D eigenvalue weighted by molar-refractivity contribution is 7.11. The molecular weight excluding hydrogens is 364 g/mol. The van der Waals surface area contributed by atoms with Gasteiger partial charge in [0.05, 0.1) is 18.8 Å². The van der Waals surface area contributed by atoms with E-state index < -0.39 is 0 Å². The normalized spacial score (nSPS) is 18.5. The minimum Gasteiger partial charge on any atom is -0.476 e. The van der Waals surface area contributed by atoms with Crippen molar-refractivity contribution in [3.8, 4) is 5.88 Å². The van der Waals surface area contributed by atoms with Crippen LogP contribution < -0.4 is 15.6 Å². The Hall–Kier alpha value is -2.68. The topological polar surface area (TPSA) is 86.9 Å². The van der Waals surface area contributed by atoms with Crippen molar-refractivity contribution in [1.29, 1.82) is 0 Å². The van der Waals surface area contributed by atoms with Crippen molar-refractivity contribution >= 4 is 17.0 Å². The van der Waals surface area contributed by atoms with Gasteiger partial charge in [-0.05, 0) is 19.4 Å². The Morgan fingerprint density at radius 2 is 2.22 bits per heavy atom. The van der Waals surface area contributed by atoms with Crippen molar-refractivity contribution in [2.45, 2.75) is 25.8 Å². The molecule has 2 atom stereocenters. The summed E-state index contributed by atoms with van der Waals surface area (Å²) < 4.78 is 8.98. The Morgan fingerprint density at radius 3 is 2.93 bits per heavy atom. The summed E-state index contributed by atoms with van der Waals surface area (Å²) in [6.45, 7) is 3.08. The number of aryl methyl sites for hydroxylation is 3. The lowest BCUT2D eigenvalue weighted by molar-refractivity contribution is 0.278. The van der Waals surface area contributed by atoms with Crippen molar-refractivity contribution in [3.05, 3.63) is 50.5 Å². The lowest BCUT2D eigenvalue weighted by Gasteiger charge is -2.10. The number of nitrogens with one attached hydrogen (secondary N) is 1. The van der Waals surface area contributed by atoms with E-state index in [1.54, 1.807) is 24.5 Å². The fourth-order valence-corrected chi connectivity index (χ4v) is 3.78. The molecule has 1 saturated carbocycles. The molecule has 4 rings (SSSR count). The van der Waals surface area contributed by atoms with Crippen LogP contribution in [0.5, 0.6) is 5.88 Å². The Labute approximate surface area is 160 Å². The Balaban J connectivity index is 1.38. The number of hydrogen-bond acceptors (Lipinski definition) is 7. The summed E-state index contributed by atoms with van der Waals surface area (Å²) in [6.07, 6.45) is 4.85. The number of aromatic nitrogens is 5. The number of ether oxygens (including phenoxy) is 1. The van der Waals surface area contributed by atoms with Gasteiger partial charge in [-0.2, -0.15) is 5.10 Å². The Bertz CT molecular complexity index is 1010. The van der Waals surface area contributed by atoms with Crippen molar-refractivity contribution in [2.75, 3.05) is 11.9 Å². The number of nitrogens with zero attached hydrogens (tertiary/aromatic N) is 5. The summed E-state index contributed by atoms with van der Waals surface area (Å²) in [5.41, 5.74) is 1.39. The molecule has 1 fully saturated rings. The maximum Gasteiger partial charge on any atom is 0.290 e. The van der Waals surface area contributed by atoms with Crippen LogP contribution in [0.2, 0.25) is 0 Å². The van der Waals surface area contributed by atoms with Gasteiger partial charge in [-0.1, -0.05) is 0 Å². The van der Waals surface area contributed by atoms with Crippen molar-refractivity contribution in [2.24, 2.45) is 20.0 Å². The van der Waals surface area contributed by atoms with Gasteiger partial charge in [0.1, 0.15) is 10.7 Å². The Morgan fingerprint density at radius 1 is 1.37 bits per heavy atom. The van der Waals surface area contributed by atoms with Gasteiger partial charge < -0.3 is 10.1 Å². The van der Waals surface area contributed by atoms with Crippen LogP contribution in [0.25, 0.3) is 0 Å². The zero-order valence-corrected chi connectivity index (χ0v) is 16.4. The first-order valence-corrected chi connectivity index (χ1v) is 9.67. The molecule has 3 aromatic heterocycles. The molecule has 3 heterocycles. The fraction of sp³-hybridized carbons (Fsp3) is 0.444. The van der Waals surface area contributed by atoms with E-state index in [0.29, 0.717) is 36.6 Å². The monoisotopic (exact) mass is 386 g/mol. The van der Waals surface area contributed by atoms with Crippen LogP contribution in [0.3, 0.4) is 0 Å². The van der Waals surface area contributed by atoms with E-state index >= 15 is 0 Å². The molecule has 0 spiro atoms. The minimum atomic E-state index is -0.187. The van der Waals surface area contributed by atoms with Gasteiger partial charge in [-0.25, -0.2) is 9.67 Å². The Kier molecular flexibility index (Phi) is 4.69. The van der Waals surface area contributed by atoms with Crippen molar-refractivity contribution in [1.82, 2.24) is 24.5 Å². The SMILES string of the molecule is Cc1cnc(CNc2cc(OCC3C[C@H]3c3ccn(C)n3)nn(C)c2=O)s1. The molecule has 3 aromatic rings. The van der Waals surface area contributed by atoms with Crippen molar-refractivity contribution in [3.63, 3.8) is 0 Å². The lowest BCUT2D eigenvalue weighted by Crippen LogP contribution is -2.24. The first-order valence-electron chi connectivity index (χ1n) is 8.85. The average molecular weight is 386 g/mol. The molecule has 0 aliphatic heterocycles. The van der Waals surface area contributed by atoms with E-state index in [9.17, 15) is 4.79 Å². The first kappa shape index (κ1) is 17.7. The van der Waals surface area contributed by atoms with Crippen LogP contribution in [0.4, 0.5) is 5.69 Å². The van der Waals surface area contributed by atoms with Gasteiger partial charge >= 0.3 is 0 Å². The maximum absolute atomic E-state index is 12.3. The van der Waals surface area contributed by atoms with Gasteiger partial charge in [-0.3, -0.25) is 9.48 Å². The highest BCUT2D eigenvalue weighted by Gasteiger charge is 2.40. The smallest absolute Gasteiger partial charge is 0.290 e.